The smallest absolute Gasteiger partial charge is 0.0406 e. The molecule has 1 aromatic rings. The average molecular weight is 280 g/mol. The van der Waals surface area contributed by atoms with E-state index < -0.39 is 0 Å². The molecule has 1 aromatic carbocycles. The van der Waals surface area contributed by atoms with E-state index >= 15 is 0 Å². The summed E-state index contributed by atoms with van der Waals surface area (Å²) in [6.07, 6.45) is 5.23. The molecular weight excluding hydrogens is 254 g/mol. The lowest BCUT2D eigenvalue weighted by molar-refractivity contribution is 0.0800. The highest BCUT2D eigenvalue weighted by molar-refractivity contribution is 6.30. The molecule has 1 heterocycles. The number of halogens is 1. The Hall–Kier alpha value is -0.530. The minimum absolute atomic E-state index is 0.316. The van der Waals surface area contributed by atoms with E-state index in [9.17, 15) is 0 Å². The van der Waals surface area contributed by atoms with Gasteiger partial charge >= 0.3 is 0 Å². The van der Waals surface area contributed by atoms with Crippen molar-refractivity contribution in [2.45, 2.75) is 52.5 Å². The summed E-state index contributed by atoms with van der Waals surface area (Å²) in [4.78, 5) is 2.69. The number of rotatable bonds is 3. The maximum atomic E-state index is 5.98. The fraction of sp³-hybridized carbons (Fsp3) is 0.647. The molecule has 0 aliphatic carbocycles. The Balaban J connectivity index is 2.11. The Kier molecular flexibility index (Phi) is 4.92. The molecule has 2 rings (SSSR count). The number of hydrogen-bond acceptors (Lipinski definition) is 1. The maximum absolute atomic E-state index is 5.98. The Morgan fingerprint density at radius 2 is 1.63 bits per heavy atom. The van der Waals surface area contributed by atoms with Gasteiger partial charge in [-0.1, -0.05) is 50.9 Å². The number of likely N-dealkylation sites (tertiary alicyclic amines) is 1. The first-order valence-corrected chi connectivity index (χ1v) is 7.83. The number of hydrogen-bond donors (Lipinski definition) is 0. The van der Waals surface area contributed by atoms with Gasteiger partial charge in [-0.05, 0) is 55.5 Å². The predicted octanol–water partition coefficient (Wildman–Crippen LogP) is 4.78. The highest BCUT2D eigenvalue weighted by Crippen LogP contribution is 2.30. The van der Waals surface area contributed by atoms with Gasteiger partial charge in [-0.2, -0.15) is 0 Å². The molecule has 106 valence electrons. The molecule has 1 nitrogen and oxygen atoms in total. The van der Waals surface area contributed by atoms with Crippen LogP contribution in [-0.2, 0) is 6.42 Å². The van der Waals surface area contributed by atoms with Crippen LogP contribution in [0.4, 0.5) is 0 Å². The molecule has 1 fully saturated rings. The highest BCUT2D eigenvalue weighted by Gasteiger charge is 2.31. The van der Waals surface area contributed by atoms with E-state index in [0.717, 1.165) is 11.4 Å². The predicted molar refractivity (Wildman–Crippen MR) is 83.8 cm³/mol. The molecule has 19 heavy (non-hydrogen) atoms. The minimum Gasteiger partial charge on any atom is -0.300 e. The summed E-state index contributed by atoms with van der Waals surface area (Å²) < 4.78 is 0. The summed E-state index contributed by atoms with van der Waals surface area (Å²) in [6, 6.07) is 8.98. The Labute approximate surface area is 123 Å². The summed E-state index contributed by atoms with van der Waals surface area (Å²) in [6.45, 7) is 9.61. The van der Waals surface area contributed by atoms with Crippen molar-refractivity contribution in [3.63, 3.8) is 0 Å². The molecule has 1 aliphatic rings. The van der Waals surface area contributed by atoms with E-state index in [-0.39, 0.29) is 0 Å². The average Bonchev–Trinajstić information content (AvgIpc) is 2.37. The second-order valence-electron chi connectivity index (χ2n) is 6.81. The van der Waals surface area contributed by atoms with Crippen molar-refractivity contribution in [1.29, 1.82) is 0 Å². The quantitative estimate of drug-likeness (QED) is 0.769. The van der Waals surface area contributed by atoms with Gasteiger partial charge in [-0.3, -0.25) is 4.90 Å². The molecule has 0 bridgehead atoms. The molecule has 0 radical (unpaired) electrons. The normalized spacial score (nSPS) is 19.4. The molecule has 1 aliphatic heterocycles. The second-order valence-corrected chi connectivity index (χ2v) is 7.25. The third-order valence-electron chi connectivity index (χ3n) is 4.17. The lowest BCUT2D eigenvalue weighted by Crippen LogP contribution is -2.47. The Bertz CT molecular complexity index is 385. The van der Waals surface area contributed by atoms with Crippen molar-refractivity contribution >= 4 is 11.6 Å². The van der Waals surface area contributed by atoms with Gasteiger partial charge in [0, 0.05) is 11.1 Å². The fourth-order valence-electron chi connectivity index (χ4n) is 3.06. The van der Waals surface area contributed by atoms with Gasteiger partial charge in [0.25, 0.3) is 0 Å². The minimum atomic E-state index is 0.316. The lowest BCUT2D eigenvalue weighted by atomic mass is 9.81. The second kappa shape index (κ2) is 6.28. The van der Waals surface area contributed by atoms with Crippen LogP contribution < -0.4 is 0 Å². The SMILES string of the molecule is CC(C)(C)C(Cc1ccc(Cl)cc1)N1CCCCC1. The first kappa shape index (κ1) is 14.9. The van der Waals surface area contributed by atoms with E-state index in [0.29, 0.717) is 11.5 Å². The molecule has 0 aromatic heterocycles. The van der Waals surface area contributed by atoms with Gasteiger partial charge < -0.3 is 0 Å². The third kappa shape index (κ3) is 4.22. The van der Waals surface area contributed by atoms with Crippen LogP contribution in [0.15, 0.2) is 24.3 Å². The molecule has 0 N–H and O–H groups in total. The Morgan fingerprint density at radius 1 is 1.05 bits per heavy atom. The van der Waals surface area contributed by atoms with Gasteiger partial charge in [-0.15, -0.1) is 0 Å². The summed E-state index contributed by atoms with van der Waals surface area (Å²) in [7, 11) is 0. The summed E-state index contributed by atoms with van der Waals surface area (Å²) in [5.41, 5.74) is 1.71. The van der Waals surface area contributed by atoms with E-state index in [2.05, 4.69) is 37.8 Å². The van der Waals surface area contributed by atoms with Crippen LogP contribution in [0, 0.1) is 5.41 Å². The van der Waals surface area contributed by atoms with Crippen molar-refractivity contribution in [1.82, 2.24) is 4.90 Å². The zero-order valence-electron chi connectivity index (χ0n) is 12.5. The van der Waals surface area contributed by atoms with E-state index in [4.69, 9.17) is 11.6 Å². The molecule has 0 spiro atoms. The fourth-order valence-corrected chi connectivity index (χ4v) is 3.18. The summed E-state index contributed by atoms with van der Waals surface area (Å²) >= 11 is 5.98. The summed E-state index contributed by atoms with van der Waals surface area (Å²) in [5.74, 6) is 0. The molecule has 1 atom stereocenters. The van der Waals surface area contributed by atoms with Gasteiger partial charge in [0.05, 0.1) is 0 Å². The summed E-state index contributed by atoms with van der Waals surface area (Å²) in [5, 5.41) is 0.828. The van der Waals surface area contributed by atoms with E-state index in [1.165, 1.54) is 37.9 Å². The topological polar surface area (TPSA) is 3.24 Å². The van der Waals surface area contributed by atoms with Crippen LogP contribution in [0.1, 0.15) is 45.6 Å². The van der Waals surface area contributed by atoms with Crippen molar-refractivity contribution in [2.75, 3.05) is 13.1 Å². The van der Waals surface area contributed by atoms with E-state index in [1.54, 1.807) is 0 Å². The maximum Gasteiger partial charge on any atom is 0.0406 e. The first-order chi connectivity index (χ1) is 8.97. The molecular formula is C17H26ClN. The molecule has 1 saturated heterocycles. The van der Waals surface area contributed by atoms with Gasteiger partial charge in [0.1, 0.15) is 0 Å². The van der Waals surface area contributed by atoms with Gasteiger partial charge in [0.15, 0.2) is 0 Å². The Morgan fingerprint density at radius 3 is 2.16 bits per heavy atom. The number of benzene rings is 1. The third-order valence-corrected chi connectivity index (χ3v) is 4.43. The van der Waals surface area contributed by atoms with Crippen LogP contribution in [0.25, 0.3) is 0 Å². The molecule has 0 amide bonds. The zero-order chi connectivity index (χ0) is 13.9. The van der Waals surface area contributed by atoms with Crippen molar-refractivity contribution < 1.29 is 0 Å². The largest absolute Gasteiger partial charge is 0.300 e. The van der Waals surface area contributed by atoms with Crippen molar-refractivity contribution in [3.05, 3.63) is 34.9 Å². The van der Waals surface area contributed by atoms with Crippen LogP contribution in [0.5, 0.6) is 0 Å². The molecule has 1 unspecified atom stereocenters. The number of nitrogens with zero attached hydrogens (tertiary/aromatic N) is 1. The molecule has 0 saturated carbocycles. The van der Waals surface area contributed by atoms with Crippen LogP contribution >= 0.6 is 11.6 Å². The number of piperidine rings is 1. The van der Waals surface area contributed by atoms with Crippen LogP contribution in [-0.4, -0.2) is 24.0 Å². The van der Waals surface area contributed by atoms with E-state index in [1.807, 2.05) is 12.1 Å². The van der Waals surface area contributed by atoms with Gasteiger partial charge in [-0.25, -0.2) is 0 Å². The van der Waals surface area contributed by atoms with Gasteiger partial charge in [0.2, 0.25) is 0 Å². The highest BCUT2D eigenvalue weighted by atomic mass is 35.5. The van der Waals surface area contributed by atoms with Crippen molar-refractivity contribution in [2.24, 2.45) is 5.41 Å². The van der Waals surface area contributed by atoms with Crippen molar-refractivity contribution in [3.8, 4) is 0 Å². The standard InChI is InChI=1S/C17H26ClN/c1-17(2,3)16(19-11-5-4-6-12-19)13-14-7-9-15(18)10-8-14/h7-10,16H,4-6,11-13H2,1-3H3. The van der Waals surface area contributed by atoms with Crippen LogP contribution in [0.3, 0.4) is 0 Å². The monoisotopic (exact) mass is 279 g/mol. The molecule has 2 heteroatoms. The zero-order valence-corrected chi connectivity index (χ0v) is 13.2. The van der Waals surface area contributed by atoms with Crippen LogP contribution in [0.2, 0.25) is 5.02 Å². The lowest BCUT2D eigenvalue weighted by Gasteiger charge is -2.42. The first-order valence-electron chi connectivity index (χ1n) is 7.45.